The van der Waals surface area contributed by atoms with Crippen molar-refractivity contribution in [3.8, 4) is 11.1 Å². The minimum Gasteiger partial charge on any atom is -0.347 e. The molecule has 1 saturated carbocycles. The number of carbonyl (C=O) groups excluding carboxylic acids is 1. The fourth-order valence-corrected chi connectivity index (χ4v) is 6.66. The lowest BCUT2D eigenvalue weighted by Crippen LogP contribution is -2.35. The molecule has 41 heavy (non-hydrogen) atoms. The first-order valence-corrected chi connectivity index (χ1v) is 15.9. The molecule has 4 aromatic rings. The van der Waals surface area contributed by atoms with E-state index >= 15 is 0 Å². The number of amides is 1. The fraction of sp³-hybridized carbons (Fsp3) is 0.452. The third kappa shape index (κ3) is 5.86. The predicted molar refractivity (Wildman–Crippen MR) is 162 cm³/mol. The highest BCUT2D eigenvalue weighted by Gasteiger charge is 2.29. The molecule has 3 aromatic heterocycles. The van der Waals surface area contributed by atoms with Crippen LogP contribution in [0, 0.1) is 5.92 Å². The van der Waals surface area contributed by atoms with Crippen molar-refractivity contribution in [1.29, 1.82) is 0 Å². The summed E-state index contributed by atoms with van der Waals surface area (Å²) < 4.78 is 16.7. The lowest BCUT2D eigenvalue weighted by atomic mass is 9.96. The van der Waals surface area contributed by atoms with Crippen molar-refractivity contribution >= 4 is 28.0 Å². The molecule has 1 unspecified atom stereocenters. The molecule has 9 nitrogen and oxygen atoms in total. The molecule has 3 aliphatic rings. The molecule has 1 atom stereocenters. The maximum Gasteiger partial charge on any atom is 0.254 e. The van der Waals surface area contributed by atoms with Crippen LogP contribution in [0.3, 0.4) is 0 Å². The first-order valence-electron chi connectivity index (χ1n) is 14.7. The number of rotatable bonds is 6. The third-order valence-corrected chi connectivity index (χ3v) is 9.42. The van der Waals surface area contributed by atoms with Crippen molar-refractivity contribution in [3.05, 3.63) is 71.4 Å². The zero-order chi connectivity index (χ0) is 28.5. The Hall–Kier alpha value is -3.34. The average Bonchev–Trinajstić information content (AvgIpc) is 3.40. The van der Waals surface area contributed by atoms with Gasteiger partial charge in [-0.15, -0.1) is 0 Å². The highest BCUT2D eigenvalue weighted by atomic mass is 32.2. The second kappa shape index (κ2) is 11.9. The van der Waals surface area contributed by atoms with Crippen LogP contribution < -0.4 is 5.14 Å². The number of aromatic nitrogens is 4. The van der Waals surface area contributed by atoms with E-state index in [4.69, 9.17) is 5.14 Å². The largest absolute Gasteiger partial charge is 0.347 e. The van der Waals surface area contributed by atoms with Gasteiger partial charge in [-0.2, -0.15) is 5.10 Å². The molecule has 0 radical (unpaired) electrons. The molecule has 2 aliphatic heterocycles. The van der Waals surface area contributed by atoms with Gasteiger partial charge >= 0.3 is 0 Å². The number of hydrogen-bond acceptors (Lipinski definition) is 4. The van der Waals surface area contributed by atoms with Gasteiger partial charge in [0.15, 0.2) is 11.2 Å². The number of aryl methyl sites for hydroxylation is 2. The van der Waals surface area contributed by atoms with E-state index in [1.54, 1.807) is 0 Å². The van der Waals surface area contributed by atoms with Crippen LogP contribution in [-0.2, 0) is 44.3 Å². The minimum absolute atomic E-state index is 0.0706. The summed E-state index contributed by atoms with van der Waals surface area (Å²) in [6.07, 6.45) is 14.9. The van der Waals surface area contributed by atoms with Gasteiger partial charge in [-0.3, -0.25) is 14.5 Å². The molecule has 2 N–H and O–H groups in total. The van der Waals surface area contributed by atoms with Crippen LogP contribution >= 0.6 is 0 Å². The maximum atomic E-state index is 13.6. The minimum atomic E-state index is -1.22. The Labute approximate surface area is 244 Å². The Bertz CT molecular complexity index is 1580. The molecule has 1 amide bonds. The molecular formula is C31H39N7O2S. The predicted octanol–water partition coefficient (Wildman–Crippen LogP) is 4.57. The van der Waals surface area contributed by atoms with Gasteiger partial charge in [0.2, 0.25) is 0 Å². The number of nitrogens with zero attached hydrogens (tertiary/aromatic N) is 6. The topological polar surface area (TPSA) is 102 Å². The SMILES string of the molecule is CCc1ccncc1-c1cc(C(=O)N2Cc3cnn(C)c3C2)cc2ccn(CC3CC3)c12.NS(=O)N1CCCCC1. The number of nitrogens with two attached hydrogens (primary N) is 1. The Morgan fingerprint density at radius 3 is 2.56 bits per heavy atom. The molecule has 1 aromatic carbocycles. The summed E-state index contributed by atoms with van der Waals surface area (Å²) in [6, 6.07) is 8.40. The van der Waals surface area contributed by atoms with Gasteiger partial charge in [0, 0.05) is 79.5 Å². The third-order valence-electron chi connectivity index (χ3n) is 8.55. The van der Waals surface area contributed by atoms with E-state index in [0.717, 1.165) is 78.1 Å². The van der Waals surface area contributed by atoms with E-state index in [9.17, 15) is 9.00 Å². The number of fused-ring (bicyclic) bond motifs is 2. The van der Waals surface area contributed by atoms with Crippen LogP contribution in [0.15, 0.2) is 49.1 Å². The van der Waals surface area contributed by atoms with Gasteiger partial charge in [0.25, 0.3) is 5.91 Å². The van der Waals surface area contributed by atoms with E-state index in [1.807, 2.05) is 39.5 Å². The van der Waals surface area contributed by atoms with Crippen molar-refractivity contribution in [2.45, 2.75) is 65.1 Å². The van der Waals surface area contributed by atoms with Crippen LogP contribution in [0.2, 0.25) is 0 Å². The van der Waals surface area contributed by atoms with Gasteiger partial charge in [-0.25, -0.2) is 13.7 Å². The average molecular weight is 574 g/mol. The van der Waals surface area contributed by atoms with Crippen molar-refractivity contribution in [2.75, 3.05) is 13.1 Å². The van der Waals surface area contributed by atoms with E-state index in [2.05, 4.69) is 52.0 Å². The molecule has 7 rings (SSSR count). The van der Waals surface area contributed by atoms with E-state index in [1.165, 1.54) is 30.3 Å². The van der Waals surface area contributed by atoms with Gasteiger partial charge in [-0.1, -0.05) is 13.3 Å². The van der Waals surface area contributed by atoms with E-state index < -0.39 is 11.2 Å². The van der Waals surface area contributed by atoms with Crippen LogP contribution in [0.4, 0.5) is 0 Å². The number of pyridine rings is 1. The van der Waals surface area contributed by atoms with E-state index in [0.29, 0.717) is 13.1 Å². The van der Waals surface area contributed by atoms with Crippen LogP contribution in [0.1, 0.15) is 66.2 Å². The quantitative estimate of drug-likeness (QED) is 0.365. The molecule has 5 heterocycles. The number of carbonyl (C=O) groups is 1. The molecule has 10 heteroatoms. The van der Waals surface area contributed by atoms with Crippen molar-refractivity contribution in [2.24, 2.45) is 18.1 Å². The Morgan fingerprint density at radius 2 is 1.88 bits per heavy atom. The molecule has 0 bridgehead atoms. The highest BCUT2D eigenvalue weighted by molar-refractivity contribution is 7.80. The lowest BCUT2D eigenvalue weighted by molar-refractivity contribution is 0.0748. The Morgan fingerprint density at radius 1 is 1.07 bits per heavy atom. The summed E-state index contributed by atoms with van der Waals surface area (Å²) in [6.45, 7) is 6.24. The van der Waals surface area contributed by atoms with Gasteiger partial charge in [-0.05, 0) is 67.9 Å². The highest BCUT2D eigenvalue weighted by Crippen LogP contribution is 2.37. The molecule has 1 aliphatic carbocycles. The number of benzene rings is 1. The second-order valence-corrected chi connectivity index (χ2v) is 12.5. The number of piperidine rings is 1. The number of hydrogen-bond donors (Lipinski definition) is 1. The van der Waals surface area contributed by atoms with Crippen LogP contribution in [0.25, 0.3) is 22.0 Å². The first-order chi connectivity index (χ1) is 19.9. The summed E-state index contributed by atoms with van der Waals surface area (Å²) in [4.78, 5) is 19.9. The summed E-state index contributed by atoms with van der Waals surface area (Å²) in [5.74, 6) is 0.845. The Balaban J connectivity index is 0.000000289. The van der Waals surface area contributed by atoms with Crippen LogP contribution in [-0.4, -0.2) is 51.7 Å². The smallest absolute Gasteiger partial charge is 0.254 e. The summed E-state index contributed by atoms with van der Waals surface area (Å²) >= 11 is -1.22. The van der Waals surface area contributed by atoms with Crippen LogP contribution in [0.5, 0.6) is 0 Å². The molecule has 216 valence electrons. The van der Waals surface area contributed by atoms with Gasteiger partial charge in [0.05, 0.1) is 24.0 Å². The monoisotopic (exact) mass is 573 g/mol. The molecule has 1 saturated heterocycles. The van der Waals surface area contributed by atoms with Gasteiger partial charge in [0.1, 0.15) is 0 Å². The normalized spacial score (nSPS) is 17.8. The van der Waals surface area contributed by atoms with Gasteiger partial charge < -0.3 is 9.47 Å². The maximum absolute atomic E-state index is 13.6. The van der Waals surface area contributed by atoms with E-state index in [-0.39, 0.29) is 5.91 Å². The lowest BCUT2D eigenvalue weighted by Gasteiger charge is -2.22. The first kappa shape index (κ1) is 27.8. The zero-order valence-corrected chi connectivity index (χ0v) is 24.8. The molecule has 2 fully saturated rings. The standard InChI is InChI=1S/C26H27N5O.C5H12N2OS/c1-3-18-6-8-27-13-23(18)22-11-20(10-19-7-9-30(25(19)22)14-17-4-5-17)26(32)31-15-21-12-28-29(2)24(21)16-31;6-9(8)7-4-2-1-3-5-7/h6-13,17H,3-5,14-16H2,1-2H3;1-6H2. The molecular weight excluding hydrogens is 534 g/mol. The second-order valence-electron chi connectivity index (χ2n) is 11.4. The van der Waals surface area contributed by atoms with Crippen molar-refractivity contribution in [3.63, 3.8) is 0 Å². The summed E-state index contributed by atoms with van der Waals surface area (Å²) in [7, 11) is 1.94. The summed E-state index contributed by atoms with van der Waals surface area (Å²) in [5, 5.41) is 10.6. The Kier molecular flexibility index (Phi) is 8.05. The molecule has 0 spiro atoms. The van der Waals surface area contributed by atoms with Crippen molar-refractivity contribution < 1.29 is 9.00 Å². The van der Waals surface area contributed by atoms with Crippen molar-refractivity contribution in [1.82, 2.24) is 28.5 Å². The summed E-state index contributed by atoms with van der Waals surface area (Å²) in [5.41, 5.74) is 7.70. The fourth-order valence-electron chi connectivity index (χ4n) is 6.04. The zero-order valence-electron chi connectivity index (χ0n) is 24.0.